The summed E-state index contributed by atoms with van der Waals surface area (Å²) >= 11 is 5.88. The van der Waals surface area contributed by atoms with Crippen molar-refractivity contribution in [3.05, 3.63) is 11.6 Å². The predicted octanol–water partition coefficient (Wildman–Crippen LogP) is 3.26. The maximum Gasteiger partial charge on any atom is 0.148 e. The molecule has 1 aliphatic rings. The van der Waals surface area contributed by atoms with Crippen molar-refractivity contribution < 1.29 is 0 Å². The molecule has 0 saturated heterocycles. The van der Waals surface area contributed by atoms with Gasteiger partial charge in [-0.1, -0.05) is 20.3 Å². The van der Waals surface area contributed by atoms with Gasteiger partial charge in [-0.3, -0.25) is 0 Å². The molecule has 0 bridgehead atoms. The first-order valence-corrected chi connectivity index (χ1v) is 6.31. The molecule has 1 fully saturated rings. The highest BCUT2D eigenvalue weighted by Gasteiger charge is 2.30. The van der Waals surface area contributed by atoms with Gasteiger partial charge >= 0.3 is 0 Å². The first kappa shape index (κ1) is 10.9. The van der Waals surface area contributed by atoms with Crippen molar-refractivity contribution in [1.82, 2.24) is 14.8 Å². The van der Waals surface area contributed by atoms with E-state index >= 15 is 0 Å². The molecule has 1 heterocycles. The summed E-state index contributed by atoms with van der Waals surface area (Å²) in [5, 5.41) is 8.48. The molecule has 1 aromatic rings. The molecule has 0 spiro atoms. The molecule has 15 heavy (non-hydrogen) atoms. The third-order valence-electron chi connectivity index (χ3n) is 2.99. The van der Waals surface area contributed by atoms with Crippen LogP contribution in [0, 0.1) is 0 Å². The molecule has 4 heteroatoms. The maximum atomic E-state index is 5.88. The first-order chi connectivity index (χ1) is 7.27. The molecule has 84 valence electrons. The van der Waals surface area contributed by atoms with E-state index < -0.39 is 0 Å². The lowest BCUT2D eigenvalue weighted by atomic mass is 10.1. The van der Waals surface area contributed by atoms with E-state index in [1.165, 1.54) is 25.7 Å². The van der Waals surface area contributed by atoms with Crippen LogP contribution < -0.4 is 0 Å². The average molecular weight is 228 g/mol. The lowest BCUT2D eigenvalue weighted by molar-refractivity contribution is 0.565. The lowest BCUT2D eigenvalue weighted by Crippen LogP contribution is -2.08. The van der Waals surface area contributed by atoms with Gasteiger partial charge in [0.25, 0.3) is 0 Å². The standard InChI is InChI=1S/C11H18ClN3/c1-3-4-8(2)11-14-13-10(7-12)15(11)9-5-6-9/h8-9H,3-7H2,1-2H3. The Labute approximate surface area is 95.8 Å². The normalized spacial score (nSPS) is 18.1. The van der Waals surface area contributed by atoms with Crippen LogP contribution in [0.3, 0.4) is 0 Å². The van der Waals surface area contributed by atoms with Crippen molar-refractivity contribution in [2.45, 2.75) is 57.4 Å². The molecule has 0 aliphatic heterocycles. The van der Waals surface area contributed by atoms with Crippen molar-refractivity contribution in [2.75, 3.05) is 0 Å². The molecule has 0 N–H and O–H groups in total. The van der Waals surface area contributed by atoms with Crippen LogP contribution in [0.2, 0.25) is 0 Å². The topological polar surface area (TPSA) is 30.7 Å². The summed E-state index contributed by atoms with van der Waals surface area (Å²) < 4.78 is 2.27. The summed E-state index contributed by atoms with van der Waals surface area (Å²) in [6.07, 6.45) is 4.88. The van der Waals surface area contributed by atoms with Crippen LogP contribution in [0.15, 0.2) is 0 Å². The fraction of sp³-hybridized carbons (Fsp3) is 0.818. The molecule has 1 unspecified atom stereocenters. The maximum absolute atomic E-state index is 5.88. The van der Waals surface area contributed by atoms with Gasteiger partial charge in [0.05, 0.1) is 5.88 Å². The Hall–Kier alpha value is -0.570. The molecule has 2 rings (SSSR count). The van der Waals surface area contributed by atoms with E-state index in [0.717, 1.165) is 11.6 Å². The third kappa shape index (κ3) is 2.17. The Morgan fingerprint density at radius 1 is 1.47 bits per heavy atom. The van der Waals surface area contributed by atoms with Crippen LogP contribution in [0.1, 0.15) is 63.1 Å². The van der Waals surface area contributed by atoms with E-state index in [9.17, 15) is 0 Å². The minimum absolute atomic E-state index is 0.475. The summed E-state index contributed by atoms with van der Waals surface area (Å²) in [6.45, 7) is 4.43. The number of alkyl halides is 1. The van der Waals surface area contributed by atoms with Gasteiger partial charge in [0.15, 0.2) is 0 Å². The van der Waals surface area contributed by atoms with Gasteiger partial charge in [-0.2, -0.15) is 0 Å². The van der Waals surface area contributed by atoms with Gasteiger partial charge in [-0.05, 0) is 19.3 Å². The summed E-state index contributed by atoms with van der Waals surface area (Å²) in [5.41, 5.74) is 0. The van der Waals surface area contributed by atoms with Gasteiger partial charge < -0.3 is 4.57 Å². The van der Waals surface area contributed by atoms with Gasteiger partial charge in [0.1, 0.15) is 11.6 Å². The third-order valence-corrected chi connectivity index (χ3v) is 3.23. The molecule has 0 aromatic carbocycles. The Kier molecular flexibility index (Phi) is 3.29. The van der Waals surface area contributed by atoms with Gasteiger partial charge in [-0.15, -0.1) is 21.8 Å². The van der Waals surface area contributed by atoms with Crippen molar-refractivity contribution in [3.8, 4) is 0 Å². The fourth-order valence-corrected chi connectivity index (χ4v) is 2.24. The minimum Gasteiger partial charge on any atom is -0.311 e. The zero-order chi connectivity index (χ0) is 10.8. The van der Waals surface area contributed by atoms with Crippen LogP contribution in [0.5, 0.6) is 0 Å². The van der Waals surface area contributed by atoms with Crippen LogP contribution in [-0.4, -0.2) is 14.8 Å². The van der Waals surface area contributed by atoms with Crippen molar-refractivity contribution >= 4 is 11.6 Å². The predicted molar refractivity (Wildman–Crippen MR) is 61.2 cm³/mol. The van der Waals surface area contributed by atoms with Crippen molar-refractivity contribution in [2.24, 2.45) is 0 Å². The van der Waals surface area contributed by atoms with Gasteiger partial charge in [0.2, 0.25) is 0 Å². The Morgan fingerprint density at radius 3 is 2.73 bits per heavy atom. The zero-order valence-corrected chi connectivity index (χ0v) is 10.2. The van der Waals surface area contributed by atoms with E-state index in [1.807, 2.05) is 0 Å². The molecule has 1 atom stereocenters. The molecule has 1 saturated carbocycles. The lowest BCUT2D eigenvalue weighted by Gasteiger charge is -2.12. The fourth-order valence-electron chi connectivity index (χ4n) is 2.06. The van der Waals surface area contributed by atoms with Crippen LogP contribution >= 0.6 is 11.6 Å². The second kappa shape index (κ2) is 4.52. The first-order valence-electron chi connectivity index (χ1n) is 5.77. The highest BCUT2D eigenvalue weighted by molar-refractivity contribution is 6.16. The van der Waals surface area contributed by atoms with E-state index in [-0.39, 0.29) is 0 Å². The summed E-state index contributed by atoms with van der Waals surface area (Å²) in [6, 6.07) is 0.628. The van der Waals surface area contributed by atoms with Crippen LogP contribution in [0.4, 0.5) is 0 Å². The molecular weight excluding hydrogens is 210 g/mol. The molecule has 0 amide bonds. The Bertz CT molecular complexity index is 331. The van der Waals surface area contributed by atoms with Crippen molar-refractivity contribution in [1.29, 1.82) is 0 Å². The molecule has 1 aromatic heterocycles. The summed E-state index contributed by atoms with van der Waals surface area (Å²) in [5.74, 6) is 3.05. The summed E-state index contributed by atoms with van der Waals surface area (Å²) in [4.78, 5) is 0. The van der Waals surface area contributed by atoms with E-state index in [0.29, 0.717) is 17.8 Å². The second-order valence-corrected chi connectivity index (χ2v) is 4.67. The van der Waals surface area contributed by atoms with Crippen LogP contribution in [-0.2, 0) is 5.88 Å². The van der Waals surface area contributed by atoms with Gasteiger partial charge in [0, 0.05) is 12.0 Å². The van der Waals surface area contributed by atoms with Gasteiger partial charge in [-0.25, -0.2) is 0 Å². The number of hydrogen-bond acceptors (Lipinski definition) is 2. The number of aromatic nitrogens is 3. The molecule has 3 nitrogen and oxygen atoms in total. The number of halogens is 1. The molecule has 0 radical (unpaired) electrons. The second-order valence-electron chi connectivity index (χ2n) is 4.40. The minimum atomic E-state index is 0.475. The highest BCUT2D eigenvalue weighted by Crippen LogP contribution is 2.38. The van der Waals surface area contributed by atoms with E-state index in [2.05, 4.69) is 28.6 Å². The Balaban J connectivity index is 2.25. The molecular formula is C11H18ClN3. The highest BCUT2D eigenvalue weighted by atomic mass is 35.5. The van der Waals surface area contributed by atoms with Crippen LogP contribution in [0.25, 0.3) is 0 Å². The quantitative estimate of drug-likeness (QED) is 0.723. The number of hydrogen-bond donors (Lipinski definition) is 0. The monoisotopic (exact) mass is 227 g/mol. The van der Waals surface area contributed by atoms with Crippen molar-refractivity contribution in [3.63, 3.8) is 0 Å². The number of nitrogens with zero attached hydrogens (tertiary/aromatic N) is 3. The molecule has 1 aliphatic carbocycles. The zero-order valence-electron chi connectivity index (χ0n) is 9.41. The van der Waals surface area contributed by atoms with E-state index in [1.54, 1.807) is 0 Å². The summed E-state index contributed by atoms with van der Waals surface area (Å²) in [7, 11) is 0. The smallest absolute Gasteiger partial charge is 0.148 e. The SMILES string of the molecule is CCCC(C)c1nnc(CCl)n1C1CC1. The average Bonchev–Trinajstić information content (AvgIpc) is 2.97. The largest absolute Gasteiger partial charge is 0.311 e. The van der Waals surface area contributed by atoms with E-state index in [4.69, 9.17) is 11.6 Å². The number of rotatable bonds is 5. The Morgan fingerprint density at radius 2 is 2.20 bits per heavy atom.